The van der Waals surface area contributed by atoms with Gasteiger partial charge in [0.1, 0.15) is 5.69 Å². The highest BCUT2D eigenvalue weighted by Crippen LogP contribution is 2.21. The van der Waals surface area contributed by atoms with Gasteiger partial charge in [0.05, 0.1) is 24.9 Å². The molecule has 1 saturated heterocycles. The highest BCUT2D eigenvalue weighted by molar-refractivity contribution is 5.92. The van der Waals surface area contributed by atoms with E-state index in [-0.39, 0.29) is 18.6 Å². The third-order valence-corrected chi connectivity index (χ3v) is 5.27. The van der Waals surface area contributed by atoms with Crippen LogP contribution in [0.25, 0.3) is 11.1 Å². The highest BCUT2D eigenvalue weighted by atomic mass is 16.5. The second-order valence-electron chi connectivity index (χ2n) is 7.37. The van der Waals surface area contributed by atoms with Gasteiger partial charge in [-0.15, -0.1) is 0 Å². The maximum atomic E-state index is 12.6. The number of aryl methyl sites for hydroxylation is 1. The smallest absolute Gasteiger partial charge is 0.270 e. The Labute approximate surface area is 169 Å². The number of aliphatic hydroxyl groups is 1. The molecule has 4 rings (SSSR count). The number of aromatic amines is 1. The monoisotopic (exact) mass is 392 g/mol. The first kappa shape index (κ1) is 19.3. The molecule has 150 valence electrons. The van der Waals surface area contributed by atoms with Crippen molar-refractivity contribution in [2.45, 2.75) is 31.9 Å². The van der Waals surface area contributed by atoms with Crippen LogP contribution in [0.3, 0.4) is 0 Å². The quantitative estimate of drug-likeness (QED) is 0.618. The topological polar surface area (TPSA) is 100 Å². The van der Waals surface area contributed by atoms with Crippen molar-refractivity contribution in [2.24, 2.45) is 0 Å². The zero-order chi connectivity index (χ0) is 20.2. The lowest BCUT2D eigenvalue weighted by atomic mass is 9.99. The number of hydrogen-bond donors (Lipinski definition) is 3. The van der Waals surface area contributed by atoms with Crippen LogP contribution in [0, 0.1) is 6.92 Å². The van der Waals surface area contributed by atoms with E-state index in [9.17, 15) is 9.90 Å². The largest absolute Gasteiger partial charge is 0.389 e. The van der Waals surface area contributed by atoms with E-state index < -0.39 is 6.10 Å². The Morgan fingerprint density at radius 1 is 1.28 bits per heavy atom. The number of aliphatic hydroxyl groups excluding tert-OH is 1. The van der Waals surface area contributed by atoms with Crippen molar-refractivity contribution in [3.05, 3.63) is 71.3 Å². The number of rotatable bonds is 5. The summed E-state index contributed by atoms with van der Waals surface area (Å²) in [5, 5.41) is 19.7. The minimum absolute atomic E-state index is 0.242. The van der Waals surface area contributed by atoms with Gasteiger partial charge in [-0.2, -0.15) is 5.10 Å². The molecule has 0 saturated carbocycles. The molecule has 1 fully saturated rings. The van der Waals surface area contributed by atoms with Gasteiger partial charge in [-0.3, -0.25) is 14.9 Å². The molecule has 1 aromatic carbocycles. The van der Waals surface area contributed by atoms with E-state index >= 15 is 0 Å². The number of ether oxygens (including phenoxy) is 1. The first-order valence-corrected chi connectivity index (χ1v) is 9.70. The molecule has 3 N–H and O–H groups in total. The van der Waals surface area contributed by atoms with Gasteiger partial charge in [-0.25, -0.2) is 0 Å². The van der Waals surface area contributed by atoms with Crippen molar-refractivity contribution in [1.29, 1.82) is 0 Å². The van der Waals surface area contributed by atoms with Crippen LogP contribution in [0.1, 0.15) is 33.6 Å². The van der Waals surface area contributed by atoms with Crippen molar-refractivity contribution in [3.63, 3.8) is 0 Å². The molecule has 3 aromatic rings. The van der Waals surface area contributed by atoms with Crippen LogP contribution in [-0.2, 0) is 11.2 Å². The standard InChI is InChI=1S/C22H24N4O3/c1-14-10-23-20(22(28)26-19-6-7-29-13-21(19)27)9-17(14)8-15-2-4-16(5-3-15)18-11-24-25-12-18/h2-5,9-12,19,21,27H,6-8,13H2,1H3,(H,24,25)(H,26,28)/t19-,21-/m0/s1. The fourth-order valence-corrected chi connectivity index (χ4v) is 3.46. The SMILES string of the molecule is Cc1cnc(C(=O)N[C@H]2CCOC[C@@H]2O)cc1Cc1ccc(-c2cn[nH]c2)cc1. The number of carbonyl (C=O) groups excluding carboxylic acids is 1. The Morgan fingerprint density at radius 2 is 2.10 bits per heavy atom. The van der Waals surface area contributed by atoms with Gasteiger partial charge in [-0.1, -0.05) is 24.3 Å². The number of nitrogens with one attached hydrogen (secondary N) is 2. The summed E-state index contributed by atoms with van der Waals surface area (Å²) in [4.78, 5) is 16.9. The lowest BCUT2D eigenvalue weighted by molar-refractivity contribution is -0.0261. The lowest BCUT2D eigenvalue weighted by Crippen LogP contribution is -2.48. The summed E-state index contributed by atoms with van der Waals surface area (Å²) in [7, 11) is 0. The van der Waals surface area contributed by atoms with Gasteiger partial charge in [0.15, 0.2) is 0 Å². The molecular formula is C22H24N4O3. The molecule has 0 bridgehead atoms. The van der Waals surface area contributed by atoms with Gasteiger partial charge in [-0.05, 0) is 48.1 Å². The number of nitrogens with zero attached hydrogens (tertiary/aromatic N) is 2. The summed E-state index contributed by atoms with van der Waals surface area (Å²) in [6.07, 6.45) is 6.00. The van der Waals surface area contributed by atoms with E-state index in [1.807, 2.05) is 19.2 Å². The molecule has 1 aliphatic heterocycles. The number of aromatic nitrogens is 3. The molecule has 0 radical (unpaired) electrons. The van der Waals surface area contributed by atoms with E-state index in [4.69, 9.17) is 4.74 Å². The third kappa shape index (κ3) is 4.52. The molecule has 2 atom stereocenters. The predicted octanol–water partition coefficient (Wildman–Crippen LogP) is 2.25. The van der Waals surface area contributed by atoms with Crippen molar-refractivity contribution < 1.29 is 14.6 Å². The Balaban J connectivity index is 1.47. The molecule has 0 aliphatic carbocycles. The summed E-state index contributed by atoms with van der Waals surface area (Å²) in [6, 6.07) is 9.83. The number of benzene rings is 1. The number of hydrogen-bond acceptors (Lipinski definition) is 5. The van der Waals surface area contributed by atoms with Crippen LogP contribution in [0.15, 0.2) is 48.9 Å². The average molecular weight is 392 g/mol. The van der Waals surface area contributed by atoms with Crippen molar-refractivity contribution in [2.75, 3.05) is 13.2 Å². The normalized spacial score (nSPS) is 19.1. The molecule has 2 aromatic heterocycles. The second kappa shape index (κ2) is 8.55. The molecule has 3 heterocycles. The van der Waals surface area contributed by atoms with Crippen LogP contribution < -0.4 is 5.32 Å². The maximum absolute atomic E-state index is 12.6. The Morgan fingerprint density at radius 3 is 2.83 bits per heavy atom. The summed E-state index contributed by atoms with van der Waals surface area (Å²) >= 11 is 0. The molecule has 7 heteroatoms. The third-order valence-electron chi connectivity index (χ3n) is 5.27. The summed E-state index contributed by atoms with van der Waals surface area (Å²) in [5.41, 5.74) is 5.74. The maximum Gasteiger partial charge on any atom is 0.270 e. The second-order valence-corrected chi connectivity index (χ2v) is 7.37. The fourth-order valence-electron chi connectivity index (χ4n) is 3.46. The van der Waals surface area contributed by atoms with Gasteiger partial charge in [0.25, 0.3) is 5.91 Å². The summed E-state index contributed by atoms with van der Waals surface area (Å²) in [6.45, 7) is 2.77. The minimum atomic E-state index is -0.689. The van der Waals surface area contributed by atoms with Gasteiger partial charge in [0, 0.05) is 24.6 Å². The van der Waals surface area contributed by atoms with Crippen LogP contribution in [0.2, 0.25) is 0 Å². The van der Waals surface area contributed by atoms with Crippen LogP contribution >= 0.6 is 0 Å². The van der Waals surface area contributed by atoms with Crippen LogP contribution in [0.4, 0.5) is 0 Å². The Bertz CT molecular complexity index is 970. The van der Waals surface area contributed by atoms with Gasteiger partial charge < -0.3 is 15.2 Å². The van der Waals surface area contributed by atoms with Gasteiger partial charge >= 0.3 is 0 Å². The molecule has 29 heavy (non-hydrogen) atoms. The Hall–Kier alpha value is -3.03. The summed E-state index contributed by atoms with van der Waals surface area (Å²) < 4.78 is 5.21. The predicted molar refractivity (Wildman–Crippen MR) is 109 cm³/mol. The van der Waals surface area contributed by atoms with Crippen molar-refractivity contribution in [1.82, 2.24) is 20.5 Å². The van der Waals surface area contributed by atoms with E-state index in [1.165, 1.54) is 0 Å². The fraction of sp³-hybridized carbons (Fsp3) is 0.318. The van der Waals surface area contributed by atoms with Crippen LogP contribution in [0.5, 0.6) is 0 Å². The van der Waals surface area contributed by atoms with E-state index in [2.05, 4.69) is 44.8 Å². The van der Waals surface area contributed by atoms with E-state index in [0.717, 1.165) is 27.8 Å². The number of carbonyl (C=O) groups is 1. The molecule has 7 nitrogen and oxygen atoms in total. The number of H-pyrrole nitrogens is 1. The number of amides is 1. The van der Waals surface area contributed by atoms with Crippen molar-refractivity contribution in [3.8, 4) is 11.1 Å². The number of pyridine rings is 1. The molecule has 0 spiro atoms. The highest BCUT2D eigenvalue weighted by Gasteiger charge is 2.26. The average Bonchev–Trinajstić information content (AvgIpc) is 3.27. The molecule has 1 amide bonds. The first-order chi connectivity index (χ1) is 14.1. The zero-order valence-electron chi connectivity index (χ0n) is 16.3. The van der Waals surface area contributed by atoms with E-state index in [0.29, 0.717) is 25.1 Å². The first-order valence-electron chi connectivity index (χ1n) is 9.70. The molecule has 0 unspecified atom stereocenters. The summed E-state index contributed by atoms with van der Waals surface area (Å²) in [5.74, 6) is -0.271. The van der Waals surface area contributed by atoms with Crippen LogP contribution in [-0.4, -0.2) is 51.6 Å². The minimum Gasteiger partial charge on any atom is -0.389 e. The molecule has 1 aliphatic rings. The van der Waals surface area contributed by atoms with Gasteiger partial charge in [0.2, 0.25) is 0 Å². The molecular weight excluding hydrogens is 368 g/mol. The Kier molecular flexibility index (Phi) is 5.69. The zero-order valence-corrected chi connectivity index (χ0v) is 16.3. The van der Waals surface area contributed by atoms with E-state index in [1.54, 1.807) is 12.4 Å². The van der Waals surface area contributed by atoms with Crippen molar-refractivity contribution >= 4 is 5.91 Å². The lowest BCUT2D eigenvalue weighted by Gasteiger charge is -2.28.